The maximum absolute atomic E-state index is 13.6. The van der Waals surface area contributed by atoms with Crippen LogP contribution in [0.15, 0.2) is 121 Å². The predicted molar refractivity (Wildman–Crippen MR) is 183 cm³/mol. The summed E-state index contributed by atoms with van der Waals surface area (Å²) in [5, 5.41) is 53.7. The largest absolute Gasteiger partial charge is 0.851 e. The quantitative estimate of drug-likeness (QED) is 0.192. The number of benzene rings is 6. The molecular formula is C40H36N2O4-2. The highest BCUT2D eigenvalue weighted by molar-refractivity contribution is 6.04. The van der Waals surface area contributed by atoms with E-state index >= 15 is 0 Å². The fraction of sp³-hybridized carbons (Fsp3) is 0.200. The number of phenolic OH excluding ortho intramolecular Hbond substituents is 2. The molecule has 2 N–H and O–H groups in total. The minimum absolute atomic E-state index is 0.0325. The molecule has 7 rings (SSSR count). The Bertz CT molecular complexity index is 1940. The molecule has 0 aromatic heterocycles. The van der Waals surface area contributed by atoms with Crippen molar-refractivity contribution in [1.29, 1.82) is 0 Å². The Labute approximate surface area is 269 Å². The fourth-order valence-electron chi connectivity index (χ4n) is 7.15. The molecule has 0 spiro atoms. The van der Waals surface area contributed by atoms with Crippen molar-refractivity contribution in [2.45, 2.75) is 37.9 Å². The van der Waals surface area contributed by atoms with Gasteiger partial charge in [0.2, 0.25) is 0 Å². The van der Waals surface area contributed by atoms with E-state index in [-0.39, 0.29) is 11.5 Å². The van der Waals surface area contributed by atoms with Crippen LogP contribution in [0.2, 0.25) is 0 Å². The van der Waals surface area contributed by atoms with Crippen LogP contribution in [0.3, 0.4) is 0 Å². The SMILES string of the molecule is CCN(CC)c1ccc(C2C([O-])C(c3ccc(N(c4cccc5ccccc45)c4cccc5ccccc45)cc3O)C2[O-])c(O)c1. The zero-order valence-corrected chi connectivity index (χ0v) is 25.9. The normalized spacial score (nSPS) is 19.2. The van der Waals surface area contributed by atoms with Crippen molar-refractivity contribution in [2.75, 3.05) is 22.9 Å². The van der Waals surface area contributed by atoms with E-state index in [0.29, 0.717) is 16.8 Å². The summed E-state index contributed by atoms with van der Waals surface area (Å²) in [7, 11) is 0. The van der Waals surface area contributed by atoms with Gasteiger partial charge in [0.05, 0.1) is 11.4 Å². The first kappa shape index (κ1) is 29.7. The Morgan fingerprint density at radius 3 is 1.46 bits per heavy atom. The van der Waals surface area contributed by atoms with E-state index in [0.717, 1.165) is 51.7 Å². The molecule has 2 unspecified atom stereocenters. The van der Waals surface area contributed by atoms with Gasteiger partial charge in [-0.15, -0.1) is 12.2 Å². The van der Waals surface area contributed by atoms with Crippen molar-refractivity contribution in [3.05, 3.63) is 132 Å². The van der Waals surface area contributed by atoms with Gasteiger partial charge in [0.1, 0.15) is 11.5 Å². The summed E-state index contributed by atoms with van der Waals surface area (Å²) < 4.78 is 0. The summed E-state index contributed by atoms with van der Waals surface area (Å²) in [6, 6.07) is 39.1. The van der Waals surface area contributed by atoms with Gasteiger partial charge in [0.25, 0.3) is 0 Å². The van der Waals surface area contributed by atoms with Gasteiger partial charge in [-0.05, 0) is 71.8 Å². The molecule has 0 amide bonds. The van der Waals surface area contributed by atoms with Crippen LogP contribution in [-0.4, -0.2) is 35.5 Å². The van der Waals surface area contributed by atoms with Gasteiger partial charge < -0.3 is 30.2 Å². The zero-order valence-electron chi connectivity index (χ0n) is 25.9. The number of rotatable bonds is 8. The number of hydrogen-bond acceptors (Lipinski definition) is 6. The summed E-state index contributed by atoms with van der Waals surface area (Å²) in [4.78, 5) is 4.21. The second-order valence-electron chi connectivity index (χ2n) is 12.0. The second-order valence-corrected chi connectivity index (χ2v) is 12.0. The van der Waals surface area contributed by atoms with E-state index in [1.165, 1.54) is 0 Å². The van der Waals surface area contributed by atoms with E-state index in [4.69, 9.17) is 0 Å². The van der Waals surface area contributed by atoms with Crippen molar-refractivity contribution in [2.24, 2.45) is 0 Å². The van der Waals surface area contributed by atoms with E-state index in [2.05, 4.69) is 58.3 Å². The van der Waals surface area contributed by atoms with Gasteiger partial charge in [0.15, 0.2) is 0 Å². The standard InChI is InChI=1S/C40H36N2O4/c1-3-41(4-2)27-19-21-31(35(43)23-27)37-39(45)38(40(37)46)32-22-20-28(24-36(32)44)42(33-17-9-13-25-11-5-7-15-29(25)33)34-18-10-14-26-12-6-8-16-30(26)34/h5-24,37-40,43-44H,3-4H2,1-2H3/q-2. The maximum Gasteiger partial charge on any atom is 0.121 e. The molecule has 232 valence electrons. The fourth-order valence-corrected chi connectivity index (χ4v) is 7.15. The van der Waals surface area contributed by atoms with Crippen LogP contribution in [0, 0.1) is 0 Å². The highest BCUT2D eigenvalue weighted by Gasteiger charge is 2.41. The van der Waals surface area contributed by atoms with Crippen molar-refractivity contribution < 1.29 is 20.4 Å². The third-order valence-electron chi connectivity index (χ3n) is 9.56. The molecule has 1 saturated carbocycles. The Kier molecular flexibility index (Phi) is 7.77. The molecule has 6 heteroatoms. The Hall–Kier alpha value is -5.04. The highest BCUT2D eigenvalue weighted by atomic mass is 16.3. The van der Waals surface area contributed by atoms with Gasteiger partial charge in [0, 0.05) is 47.4 Å². The average molecular weight is 609 g/mol. The minimum Gasteiger partial charge on any atom is -0.851 e. The molecule has 0 radical (unpaired) electrons. The van der Waals surface area contributed by atoms with Crippen LogP contribution in [0.4, 0.5) is 22.7 Å². The van der Waals surface area contributed by atoms with Crippen LogP contribution in [0.25, 0.3) is 21.5 Å². The minimum atomic E-state index is -1.29. The molecule has 6 aromatic carbocycles. The third-order valence-corrected chi connectivity index (χ3v) is 9.56. The van der Waals surface area contributed by atoms with Gasteiger partial charge in [-0.25, -0.2) is 0 Å². The van der Waals surface area contributed by atoms with E-state index in [1.54, 1.807) is 24.3 Å². The lowest BCUT2D eigenvalue weighted by Crippen LogP contribution is -2.63. The predicted octanol–water partition coefficient (Wildman–Crippen LogP) is 7.06. The lowest BCUT2D eigenvalue weighted by Gasteiger charge is -2.61. The van der Waals surface area contributed by atoms with Gasteiger partial charge >= 0.3 is 0 Å². The Balaban J connectivity index is 1.27. The van der Waals surface area contributed by atoms with Gasteiger partial charge in [-0.1, -0.05) is 84.9 Å². The molecule has 0 heterocycles. The van der Waals surface area contributed by atoms with Crippen molar-refractivity contribution in [3.63, 3.8) is 0 Å². The second kappa shape index (κ2) is 12.0. The van der Waals surface area contributed by atoms with Crippen molar-refractivity contribution >= 4 is 44.3 Å². The topological polar surface area (TPSA) is 93.1 Å². The number of phenols is 2. The number of hydrogen-bond donors (Lipinski definition) is 2. The van der Waals surface area contributed by atoms with Crippen LogP contribution in [0.1, 0.15) is 36.8 Å². The molecule has 2 atom stereocenters. The van der Waals surface area contributed by atoms with Gasteiger partial charge in [-0.2, -0.15) is 0 Å². The lowest BCUT2D eigenvalue weighted by atomic mass is 9.63. The maximum atomic E-state index is 13.6. The molecule has 0 bridgehead atoms. The van der Waals surface area contributed by atoms with Crippen LogP contribution < -0.4 is 20.0 Å². The van der Waals surface area contributed by atoms with Crippen molar-refractivity contribution in [3.8, 4) is 11.5 Å². The molecule has 6 nitrogen and oxygen atoms in total. The molecule has 1 aliphatic carbocycles. The lowest BCUT2D eigenvalue weighted by molar-refractivity contribution is -0.536. The van der Waals surface area contributed by atoms with Crippen LogP contribution in [0.5, 0.6) is 11.5 Å². The number of anilines is 4. The first-order chi connectivity index (χ1) is 22.4. The molecule has 1 fully saturated rings. The van der Waals surface area contributed by atoms with Crippen LogP contribution in [-0.2, 0) is 0 Å². The monoisotopic (exact) mass is 608 g/mol. The zero-order chi connectivity index (χ0) is 31.9. The summed E-state index contributed by atoms with van der Waals surface area (Å²) >= 11 is 0. The Morgan fingerprint density at radius 2 is 0.978 bits per heavy atom. The molecule has 1 aliphatic rings. The third kappa shape index (κ3) is 4.91. The summed E-state index contributed by atoms with van der Waals surface area (Å²) in [5.41, 5.74) is 4.16. The van der Waals surface area contributed by atoms with Crippen molar-refractivity contribution in [1.82, 2.24) is 0 Å². The number of fused-ring (bicyclic) bond motifs is 2. The van der Waals surface area contributed by atoms with E-state index < -0.39 is 24.0 Å². The van der Waals surface area contributed by atoms with E-state index in [1.807, 2.05) is 62.4 Å². The molecule has 46 heavy (non-hydrogen) atoms. The molecular weight excluding hydrogens is 572 g/mol. The van der Waals surface area contributed by atoms with E-state index in [9.17, 15) is 20.4 Å². The smallest absolute Gasteiger partial charge is 0.121 e. The summed E-state index contributed by atoms with van der Waals surface area (Å²) in [5.74, 6) is -1.94. The molecule has 0 saturated heterocycles. The summed E-state index contributed by atoms with van der Waals surface area (Å²) in [6.45, 7) is 5.63. The molecule has 0 aliphatic heterocycles. The van der Waals surface area contributed by atoms with Crippen LogP contribution >= 0.6 is 0 Å². The highest BCUT2D eigenvalue weighted by Crippen LogP contribution is 2.51. The summed E-state index contributed by atoms with van der Waals surface area (Å²) in [6.07, 6.45) is -2.59. The molecule has 6 aromatic rings. The number of nitrogens with zero attached hydrogens (tertiary/aromatic N) is 2. The average Bonchev–Trinajstić information content (AvgIpc) is 3.08. The van der Waals surface area contributed by atoms with Gasteiger partial charge in [-0.3, -0.25) is 0 Å². The first-order valence-electron chi connectivity index (χ1n) is 15.9. The number of aromatic hydroxyl groups is 2. The first-order valence-corrected chi connectivity index (χ1v) is 15.9. The Morgan fingerprint density at radius 1 is 0.543 bits per heavy atom.